The molecule has 0 aliphatic rings. The summed E-state index contributed by atoms with van der Waals surface area (Å²) in [5.74, 6) is 0.776. The Balaban J connectivity index is 2.23. The largest absolute Gasteiger partial charge is 0.497 e. The first-order valence-corrected chi connectivity index (χ1v) is 6.36. The second kappa shape index (κ2) is 4.59. The fourth-order valence-electron chi connectivity index (χ4n) is 2.10. The molecule has 4 heteroatoms. The van der Waals surface area contributed by atoms with Gasteiger partial charge in [-0.1, -0.05) is 17.7 Å². The van der Waals surface area contributed by atoms with Gasteiger partial charge in [-0.3, -0.25) is 4.57 Å². The van der Waals surface area contributed by atoms with Gasteiger partial charge in [0, 0.05) is 11.8 Å². The van der Waals surface area contributed by atoms with Crippen LogP contribution in [0.4, 0.5) is 0 Å². The van der Waals surface area contributed by atoms with E-state index in [1.807, 2.05) is 34.9 Å². The highest BCUT2D eigenvalue weighted by atomic mass is 35.5. The van der Waals surface area contributed by atoms with Crippen LogP contribution in [0.1, 0.15) is 5.56 Å². The summed E-state index contributed by atoms with van der Waals surface area (Å²) in [4.78, 5) is 4.37. The zero-order valence-corrected chi connectivity index (χ0v) is 11.5. The van der Waals surface area contributed by atoms with Crippen LogP contribution in [0.2, 0.25) is 5.28 Å². The van der Waals surface area contributed by atoms with E-state index in [1.165, 1.54) is 5.56 Å². The maximum atomic E-state index is 6.25. The van der Waals surface area contributed by atoms with Gasteiger partial charge >= 0.3 is 0 Å². The number of nitrogens with zero attached hydrogens (tertiary/aromatic N) is 2. The first kappa shape index (κ1) is 12.1. The average Bonchev–Trinajstić information content (AvgIpc) is 2.74. The number of imidazole rings is 1. The number of hydrogen-bond acceptors (Lipinski definition) is 2. The Kier molecular flexibility index (Phi) is 2.91. The summed E-state index contributed by atoms with van der Waals surface area (Å²) < 4.78 is 7.13. The van der Waals surface area contributed by atoms with Gasteiger partial charge in [-0.25, -0.2) is 4.98 Å². The predicted octanol–water partition coefficient (Wildman–Crippen LogP) is 4.00. The number of aryl methyl sites for hydroxylation is 1. The third-order valence-electron chi connectivity index (χ3n) is 3.11. The summed E-state index contributed by atoms with van der Waals surface area (Å²) in [5, 5.41) is 0.451. The van der Waals surface area contributed by atoms with Gasteiger partial charge in [-0.15, -0.1) is 0 Å². The van der Waals surface area contributed by atoms with Crippen LogP contribution in [0.3, 0.4) is 0 Å². The molecule has 0 spiro atoms. The highest BCUT2D eigenvalue weighted by Gasteiger charge is 2.11. The first-order valence-electron chi connectivity index (χ1n) is 5.98. The van der Waals surface area contributed by atoms with Crippen molar-refractivity contribution in [2.45, 2.75) is 6.92 Å². The van der Waals surface area contributed by atoms with Crippen molar-refractivity contribution in [1.29, 1.82) is 0 Å². The van der Waals surface area contributed by atoms with Gasteiger partial charge in [0.1, 0.15) is 5.75 Å². The third kappa shape index (κ3) is 2.06. The maximum Gasteiger partial charge on any atom is 0.208 e. The summed E-state index contributed by atoms with van der Waals surface area (Å²) in [5.41, 5.74) is 4.01. The van der Waals surface area contributed by atoms with Crippen molar-refractivity contribution in [3.05, 3.63) is 53.3 Å². The standard InChI is InChI=1S/C15H13ClN2O/c1-10-3-5-11(6-4-10)18-14-8-7-12(19-2)9-13(14)17-15(18)16/h3-9H,1-2H3. The number of aromatic nitrogens is 2. The van der Waals surface area contributed by atoms with Crippen molar-refractivity contribution in [3.63, 3.8) is 0 Å². The van der Waals surface area contributed by atoms with E-state index in [1.54, 1.807) is 7.11 Å². The quantitative estimate of drug-likeness (QED) is 0.705. The number of methoxy groups -OCH3 is 1. The van der Waals surface area contributed by atoms with E-state index in [4.69, 9.17) is 16.3 Å². The van der Waals surface area contributed by atoms with Gasteiger partial charge in [-0.05, 0) is 42.8 Å². The van der Waals surface area contributed by atoms with E-state index in [0.717, 1.165) is 22.5 Å². The molecule has 1 aromatic heterocycles. The van der Waals surface area contributed by atoms with Crippen molar-refractivity contribution in [2.24, 2.45) is 0 Å². The fraction of sp³-hybridized carbons (Fsp3) is 0.133. The van der Waals surface area contributed by atoms with Crippen molar-refractivity contribution in [1.82, 2.24) is 9.55 Å². The van der Waals surface area contributed by atoms with Crippen LogP contribution < -0.4 is 4.74 Å². The number of fused-ring (bicyclic) bond motifs is 1. The minimum Gasteiger partial charge on any atom is -0.497 e. The second-order valence-corrected chi connectivity index (χ2v) is 4.74. The molecule has 2 aromatic carbocycles. The van der Waals surface area contributed by atoms with Crippen LogP contribution in [0.5, 0.6) is 5.75 Å². The molecule has 0 saturated heterocycles. The van der Waals surface area contributed by atoms with Crippen LogP contribution in [-0.2, 0) is 0 Å². The van der Waals surface area contributed by atoms with Crippen LogP contribution in [0, 0.1) is 6.92 Å². The molecule has 0 N–H and O–H groups in total. The van der Waals surface area contributed by atoms with Crippen LogP contribution in [0.15, 0.2) is 42.5 Å². The molecule has 3 rings (SSSR count). The molecule has 0 amide bonds. The van der Waals surface area contributed by atoms with E-state index in [2.05, 4.69) is 24.0 Å². The Labute approximate surface area is 116 Å². The lowest BCUT2D eigenvalue weighted by atomic mass is 10.2. The molecule has 3 nitrogen and oxygen atoms in total. The molecule has 0 radical (unpaired) electrons. The second-order valence-electron chi connectivity index (χ2n) is 4.41. The van der Waals surface area contributed by atoms with Gasteiger partial charge in [0.05, 0.1) is 18.1 Å². The molecule has 0 bridgehead atoms. The normalized spacial score (nSPS) is 10.9. The number of hydrogen-bond donors (Lipinski definition) is 0. The van der Waals surface area contributed by atoms with Gasteiger partial charge < -0.3 is 4.74 Å². The number of benzene rings is 2. The molecular formula is C15H13ClN2O. The van der Waals surface area contributed by atoms with Crippen LogP contribution in [-0.4, -0.2) is 16.7 Å². The Hall–Kier alpha value is -2.00. The van der Waals surface area contributed by atoms with E-state index >= 15 is 0 Å². The van der Waals surface area contributed by atoms with Crippen molar-refractivity contribution in [3.8, 4) is 11.4 Å². The highest BCUT2D eigenvalue weighted by Crippen LogP contribution is 2.27. The lowest BCUT2D eigenvalue weighted by Crippen LogP contribution is -1.94. The summed E-state index contributed by atoms with van der Waals surface area (Å²) >= 11 is 6.25. The minimum atomic E-state index is 0.451. The molecule has 1 heterocycles. The van der Waals surface area contributed by atoms with Crippen molar-refractivity contribution >= 4 is 22.6 Å². The van der Waals surface area contributed by atoms with Crippen LogP contribution >= 0.6 is 11.6 Å². The highest BCUT2D eigenvalue weighted by molar-refractivity contribution is 6.29. The topological polar surface area (TPSA) is 27.1 Å². The number of rotatable bonds is 2. The SMILES string of the molecule is COc1ccc2c(c1)nc(Cl)n2-c1ccc(C)cc1. The maximum absolute atomic E-state index is 6.25. The summed E-state index contributed by atoms with van der Waals surface area (Å²) in [6.07, 6.45) is 0. The Bertz CT molecular complexity index is 732. The van der Waals surface area contributed by atoms with Gasteiger partial charge in [0.2, 0.25) is 5.28 Å². The zero-order valence-electron chi connectivity index (χ0n) is 10.7. The Morgan fingerprint density at radius 1 is 1.11 bits per heavy atom. The molecule has 0 aliphatic carbocycles. The molecule has 0 saturated carbocycles. The molecule has 3 aromatic rings. The number of halogens is 1. The van der Waals surface area contributed by atoms with Gasteiger partial charge in [0.15, 0.2) is 0 Å². The Morgan fingerprint density at radius 2 is 1.84 bits per heavy atom. The molecule has 0 aliphatic heterocycles. The van der Waals surface area contributed by atoms with Crippen LogP contribution in [0.25, 0.3) is 16.7 Å². The number of ether oxygens (including phenoxy) is 1. The van der Waals surface area contributed by atoms with Gasteiger partial charge in [-0.2, -0.15) is 0 Å². The molecule has 0 unspecified atom stereocenters. The molecule has 96 valence electrons. The van der Waals surface area contributed by atoms with E-state index < -0.39 is 0 Å². The lowest BCUT2D eigenvalue weighted by Gasteiger charge is -2.06. The van der Waals surface area contributed by atoms with E-state index in [-0.39, 0.29) is 0 Å². The molecule has 0 atom stereocenters. The third-order valence-corrected chi connectivity index (χ3v) is 3.37. The smallest absolute Gasteiger partial charge is 0.208 e. The summed E-state index contributed by atoms with van der Waals surface area (Å²) in [6, 6.07) is 13.9. The summed E-state index contributed by atoms with van der Waals surface area (Å²) in [7, 11) is 1.64. The Morgan fingerprint density at radius 3 is 2.53 bits per heavy atom. The van der Waals surface area contributed by atoms with Crippen molar-refractivity contribution < 1.29 is 4.74 Å². The van der Waals surface area contributed by atoms with Crippen molar-refractivity contribution in [2.75, 3.05) is 7.11 Å². The average molecular weight is 273 g/mol. The monoisotopic (exact) mass is 272 g/mol. The van der Waals surface area contributed by atoms with E-state index in [9.17, 15) is 0 Å². The van der Waals surface area contributed by atoms with Gasteiger partial charge in [0.25, 0.3) is 0 Å². The minimum absolute atomic E-state index is 0.451. The summed E-state index contributed by atoms with van der Waals surface area (Å²) in [6.45, 7) is 2.06. The fourth-order valence-corrected chi connectivity index (χ4v) is 2.38. The molecule has 0 fully saturated rings. The van der Waals surface area contributed by atoms with E-state index in [0.29, 0.717) is 5.28 Å². The zero-order chi connectivity index (χ0) is 13.4. The molecule has 19 heavy (non-hydrogen) atoms. The first-order chi connectivity index (χ1) is 9.19. The lowest BCUT2D eigenvalue weighted by molar-refractivity contribution is 0.415. The molecular weight excluding hydrogens is 260 g/mol. The predicted molar refractivity (Wildman–Crippen MR) is 77.4 cm³/mol.